The van der Waals surface area contributed by atoms with E-state index in [9.17, 15) is 22.0 Å². The zero-order valence-electron chi connectivity index (χ0n) is 8.35. The molecule has 0 unspecified atom stereocenters. The predicted octanol–water partition coefficient (Wildman–Crippen LogP) is 3.18. The van der Waals surface area contributed by atoms with Crippen LogP contribution in [0.25, 0.3) is 0 Å². The van der Waals surface area contributed by atoms with E-state index < -0.39 is 35.3 Å². The van der Waals surface area contributed by atoms with E-state index >= 15 is 0 Å². The first-order valence-electron chi connectivity index (χ1n) is 4.31. The Hall–Kier alpha value is -1.02. The lowest BCUT2D eigenvalue weighted by Crippen LogP contribution is -2.16. The van der Waals surface area contributed by atoms with Gasteiger partial charge in [0, 0.05) is 5.69 Å². The smallest absolute Gasteiger partial charge is 0.399 e. The fourth-order valence-electron chi connectivity index (χ4n) is 0.975. The third-order valence-corrected chi connectivity index (χ3v) is 2.54. The van der Waals surface area contributed by atoms with Gasteiger partial charge < -0.3 is 10.5 Å². The molecule has 0 bridgehead atoms. The summed E-state index contributed by atoms with van der Waals surface area (Å²) in [5, 5.41) is 0. The van der Waals surface area contributed by atoms with Crippen LogP contribution in [0.3, 0.4) is 0 Å². The Morgan fingerprint density at radius 1 is 1.18 bits per heavy atom. The second kappa shape index (κ2) is 5.54. The molecule has 17 heavy (non-hydrogen) atoms. The van der Waals surface area contributed by atoms with E-state index in [0.717, 1.165) is 12.1 Å². The van der Waals surface area contributed by atoms with Gasteiger partial charge in [-0.15, -0.1) is 0 Å². The van der Waals surface area contributed by atoms with E-state index in [2.05, 4.69) is 4.74 Å². The van der Waals surface area contributed by atoms with Crippen molar-refractivity contribution in [3.8, 4) is 0 Å². The summed E-state index contributed by atoms with van der Waals surface area (Å²) in [4.78, 5) is -0.415. The quantitative estimate of drug-likeness (QED) is 0.301. The zero-order valence-corrected chi connectivity index (χ0v) is 9.17. The summed E-state index contributed by atoms with van der Waals surface area (Å²) in [6.07, 6.45) is -4.46. The number of nitrogen functional groups attached to an aromatic ring is 1. The largest absolute Gasteiger partial charge is 0.411 e. The Balaban J connectivity index is 2.53. The van der Waals surface area contributed by atoms with Gasteiger partial charge in [-0.05, 0) is 12.1 Å². The molecule has 0 saturated carbocycles. The van der Waals surface area contributed by atoms with Gasteiger partial charge in [0.1, 0.15) is 18.2 Å². The summed E-state index contributed by atoms with van der Waals surface area (Å²) in [6, 6.07) is 1.77. The molecule has 96 valence electrons. The van der Waals surface area contributed by atoms with Gasteiger partial charge in [-0.2, -0.15) is 13.2 Å². The molecule has 0 aliphatic rings. The molecular formula is C9H8F5NOS. The van der Waals surface area contributed by atoms with Crippen molar-refractivity contribution in [2.24, 2.45) is 0 Å². The molecule has 2 nitrogen and oxygen atoms in total. The molecule has 0 aliphatic carbocycles. The standard InChI is InChI=1S/C9H8F5NOS/c10-6-1-5(15)2-7(11)8(6)17-4-16-3-9(12,13)14/h1-2H,3-4,15H2. The Morgan fingerprint density at radius 2 is 1.71 bits per heavy atom. The van der Waals surface area contributed by atoms with Gasteiger partial charge in [0.25, 0.3) is 0 Å². The van der Waals surface area contributed by atoms with Crippen molar-refractivity contribution >= 4 is 17.4 Å². The summed E-state index contributed by atoms with van der Waals surface area (Å²) in [7, 11) is 0. The number of benzene rings is 1. The van der Waals surface area contributed by atoms with E-state index in [0.29, 0.717) is 11.8 Å². The van der Waals surface area contributed by atoms with Crippen molar-refractivity contribution in [2.75, 3.05) is 18.3 Å². The molecule has 0 spiro atoms. The summed E-state index contributed by atoms with van der Waals surface area (Å²) in [5.41, 5.74) is 5.07. The highest BCUT2D eigenvalue weighted by Gasteiger charge is 2.27. The lowest BCUT2D eigenvalue weighted by Gasteiger charge is -2.08. The van der Waals surface area contributed by atoms with Gasteiger partial charge in [0.05, 0.1) is 10.8 Å². The molecule has 0 aromatic heterocycles. The molecular weight excluding hydrogens is 265 g/mol. The lowest BCUT2D eigenvalue weighted by molar-refractivity contribution is -0.168. The zero-order chi connectivity index (χ0) is 13.1. The summed E-state index contributed by atoms with van der Waals surface area (Å²) < 4.78 is 65.6. The predicted molar refractivity (Wildman–Crippen MR) is 53.5 cm³/mol. The van der Waals surface area contributed by atoms with E-state index in [4.69, 9.17) is 5.73 Å². The number of nitrogens with two attached hydrogens (primary N) is 1. The minimum atomic E-state index is -4.46. The van der Waals surface area contributed by atoms with Crippen molar-refractivity contribution in [2.45, 2.75) is 11.1 Å². The molecule has 0 heterocycles. The second-order valence-electron chi connectivity index (χ2n) is 3.04. The molecule has 0 fully saturated rings. The molecule has 1 rings (SSSR count). The molecule has 0 amide bonds. The van der Waals surface area contributed by atoms with E-state index in [1.165, 1.54) is 0 Å². The third kappa shape index (κ3) is 4.78. The number of hydrogen-bond acceptors (Lipinski definition) is 3. The molecule has 0 aliphatic heterocycles. The first-order chi connectivity index (χ1) is 7.79. The summed E-state index contributed by atoms with van der Waals surface area (Å²) >= 11 is 0.495. The minimum Gasteiger partial charge on any atom is -0.399 e. The molecule has 0 saturated heterocycles. The van der Waals surface area contributed by atoms with Crippen LogP contribution in [0.5, 0.6) is 0 Å². The van der Waals surface area contributed by atoms with Crippen LogP contribution in [0.4, 0.5) is 27.6 Å². The first-order valence-corrected chi connectivity index (χ1v) is 5.30. The minimum absolute atomic E-state index is 0.0967. The van der Waals surface area contributed by atoms with Crippen molar-refractivity contribution in [1.82, 2.24) is 0 Å². The van der Waals surface area contributed by atoms with Crippen LogP contribution >= 0.6 is 11.8 Å². The normalized spacial score (nSPS) is 11.8. The van der Waals surface area contributed by atoms with Crippen LogP contribution < -0.4 is 5.73 Å². The van der Waals surface area contributed by atoms with Crippen LogP contribution in [-0.2, 0) is 4.74 Å². The van der Waals surface area contributed by atoms with Crippen molar-refractivity contribution < 1.29 is 26.7 Å². The molecule has 0 atom stereocenters. The maximum absolute atomic E-state index is 13.2. The van der Waals surface area contributed by atoms with Crippen LogP contribution in [0.15, 0.2) is 17.0 Å². The Bertz CT molecular complexity index is 372. The van der Waals surface area contributed by atoms with Crippen molar-refractivity contribution in [3.05, 3.63) is 23.8 Å². The van der Waals surface area contributed by atoms with E-state index in [1.807, 2.05) is 0 Å². The SMILES string of the molecule is Nc1cc(F)c(SCOCC(F)(F)F)c(F)c1. The van der Waals surface area contributed by atoms with Gasteiger partial charge in [0.2, 0.25) is 0 Å². The third-order valence-electron chi connectivity index (χ3n) is 1.57. The Morgan fingerprint density at radius 3 is 2.18 bits per heavy atom. The van der Waals surface area contributed by atoms with Gasteiger partial charge in [0.15, 0.2) is 0 Å². The highest BCUT2D eigenvalue weighted by molar-refractivity contribution is 7.99. The number of rotatable bonds is 4. The van der Waals surface area contributed by atoms with E-state index in [1.54, 1.807) is 0 Å². The molecule has 1 aromatic carbocycles. The first kappa shape index (κ1) is 14.0. The number of ether oxygens (including phenoxy) is 1. The Labute approximate surface area is 97.9 Å². The van der Waals surface area contributed by atoms with Crippen LogP contribution in [-0.4, -0.2) is 18.7 Å². The number of thioether (sulfide) groups is 1. The van der Waals surface area contributed by atoms with Gasteiger partial charge in [-0.1, -0.05) is 11.8 Å². The van der Waals surface area contributed by atoms with Crippen LogP contribution in [0.1, 0.15) is 0 Å². The highest BCUT2D eigenvalue weighted by atomic mass is 32.2. The maximum atomic E-state index is 13.2. The fraction of sp³-hybridized carbons (Fsp3) is 0.333. The number of alkyl halides is 3. The number of halogens is 5. The average Bonchev–Trinajstić information content (AvgIpc) is 2.13. The van der Waals surface area contributed by atoms with Gasteiger partial charge >= 0.3 is 6.18 Å². The second-order valence-corrected chi connectivity index (χ2v) is 3.97. The summed E-state index contributed by atoms with van der Waals surface area (Å²) in [5.74, 6) is -2.36. The van der Waals surface area contributed by atoms with E-state index in [-0.39, 0.29) is 5.69 Å². The maximum Gasteiger partial charge on any atom is 0.411 e. The van der Waals surface area contributed by atoms with Crippen LogP contribution in [0.2, 0.25) is 0 Å². The van der Waals surface area contributed by atoms with Gasteiger partial charge in [-0.3, -0.25) is 0 Å². The lowest BCUT2D eigenvalue weighted by atomic mass is 10.3. The topological polar surface area (TPSA) is 35.2 Å². The number of anilines is 1. The fourth-order valence-corrected chi connectivity index (χ4v) is 1.65. The monoisotopic (exact) mass is 273 g/mol. The Kier molecular flexibility index (Phi) is 4.58. The summed E-state index contributed by atoms with van der Waals surface area (Å²) in [6.45, 7) is -1.46. The van der Waals surface area contributed by atoms with Gasteiger partial charge in [-0.25, -0.2) is 8.78 Å². The molecule has 2 N–H and O–H groups in total. The average molecular weight is 273 g/mol. The van der Waals surface area contributed by atoms with Crippen LogP contribution in [0, 0.1) is 11.6 Å². The van der Waals surface area contributed by atoms with Crippen molar-refractivity contribution in [1.29, 1.82) is 0 Å². The molecule has 0 radical (unpaired) electrons. The van der Waals surface area contributed by atoms with Crippen molar-refractivity contribution in [3.63, 3.8) is 0 Å². The number of hydrogen-bond donors (Lipinski definition) is 1. The molecule has 1 aromatic rings. The molecule has 8 heteroatoms. The highest BCUT2D eigenvalue weighted by Crippen LogP contribution is 2.27.